The van der Waals surface area contributed by atoms with Crippen molar-refractivity contribution in [1.29, 1.82) is 0 Å². The molecular formula is C9H7BOS. The first-order chi connectivity index (χ1) is 5.81. The summed E-state index contributed by atoms with van der Waals surface area (Å²) in [5.74, 6) is 0.879. The van der Waals surface area contributed by atoms with Gasteiger partial charge < -0.3 is 4.74 Å². The van der Waals surface area contributed by atoms with Crippen LogP contribution in [0.15, 0.2) is 23.6 Å². The summed E-state index contributed by atoms with van der Waals surface area (Å²) < 4.78 is 6.27. The third-order valence-electron chi connectivity index (χ3n) is 1.81. The van der Waals surface area contributed by atoms with Crippen LogP contribution in [0.3, 0.4) is 0 Å². The molecule has 0 amide bonds. The summed E-state index contributed by atoms with van der Waals surface area (Å²) in [5.41, 5.74) is 0.845. The Hall–Kier alpha value is -0.955. The largest absolute Gasteiger partial charge is 0.497 e. The van der Waals surface area contributed by atoms with E-state index in [0.29, 0.717) is 0 Å². The van der Waals surface area contributed by atoms with Crippen LogP contribution in [0.25, 0.3) is 10.1 Å². The first-order valence-corrected chi connectivity index (χ1v) is 4.50. The van der Waals surface area contributed by atoms with Gasteiger partial charge in [-0.15, -0.1) is 11.3 Å². The lowest BCUT2D eigenvalue weighted by Crippen LogP contribution is -1.96. The number of ether oxygens (including phenoxy) is 1. The average molecular weight is 174 g/mol. The molecule has 12 heavy (non-hydrogen) atoms. The summed E-state index contributed by atoms with van der Waals surface area (Å²) in [5, 5.41) is 3.06. The molecule has 1 aromatic heterocycles. The van der Waals surface area contributed by atoms with Crippen LogP contribution in [-0.2, 0) is 0 Å². The van der Waals surface area contributed by atoms with Gasteiger partial charge in [0.25, 0.3) is 0 Å². The second-order valence-corrected chi connectivity index (χ2v) is 3.46. The highest BCUT2D eigenvalue weighted by Crippen LogP contribution is 2.23. The number of thiophene rings is 1. The van der Waals surface area contributed by atoms with E-state index in [1.54, 1.807) is 18.4 Å². The number of hydrogen-bond donors (Lipinski definition) is 0. The van der Waals surface area contributed by atoms with Gasteiger partial charge in [0.2, 0.25) is 0 Å². The summed E-state index contributed by atoms with van der Waals surface area (Å²) in [7, 11) is 7.40. The molecule has 0 N–H and O–H groups in total. The fourth-order valence-corrected chi connectivity index (χ4v) is 2.03. The second kappa shape index (κ2) is 2.83. The maximum Gasteiger partial charge on any atom is 0.120 e. The minimum atomic E-state index is 0.845. The van der Waals surface area contributed by atoms with Crippen LogP contribution < -0.4 is 10.2 Å². The Labute approximate surface area is 76.4 Å². The number of methoxy groups -OCH3 is 1. The lowest BCUT2D eigenvalue weighted by Gasteiger charge is -1.98. The summed E-state index contributed by atoms with van der Waals surface area (Å²) in [6.45, 7) is 0. The van der Waals surface area contributed by atoms with Crippen LogP contribution in [0, 0.1) is 0 Å². The Morgan fingerprint density at radius 3 is 3.00 bits per heavy atom. The van der Waals surface area contributed by atoms with E-state index in [1.165, 1.54) is 4.70 Å². The molecule has 0 atom stereocenters. The number of rotatable bonds is 1. The summed E-state index contributed by atoms with van der Waals surface area (Å²) in [4.78, 5) is 0. The van der Waals surface area contributed by atoms with Crippen molar-refractivity contribution in [1.82, 2.24) is 0 Å². The molecule has 2 radical (unpaired) electrons. The van der Waals surface area contributed by atoms with Gasteiger partial charge >= 0.3 is 0 Å². The molecule has 0 aliphatic rings. The average Bonchev–Trinajstić information content (AvgIpc) is 2.47. The molecular weight excluding hydrogens is 167 g/mol. The molecule has 2 aromatic rings. The molecule has 58 valence electrons. The van der Waals surface area contributed by atoms with Crippen molar-refractivity contribution in [3.05, 3.63) is 23.6 Å². The van der Waals surface area contributed by atoms with Gasteiger partial charge in [0.1, 0.15) is 13.6 Å². The van der Waals surface area contributed by atoms with E-state index in [2.05, 4.69) is 0 Å². The van der Waals surface area contributed by atoms with Crippen LogP contribution in [0.4, 0.5) is 0 Å². The highest BCUT2D eigenvalue weighted by molar-refractivity contribution is 7.18. The van der Waals surface area contributed by atoms with Crippen molar-refractivity contribution in [2.45, 2.75) is 0 Å². The molecule has 0 spiro atoms. The molecule has 0 aliphatic carbocycles. The Morgan fingerprint density at radius 2 is 2.25 bits per heavy atom. The Bertz CT molecular complexity index is 408. The molecule has 1 aromatic carbocycles. The SMILES string of the molecule is [B]c1csc2cc(OC)ccc12. The third kappa shape index (κ3) is 1.10. The number of benzene rings is 1. The topological polar surface area (TPSA) is 9.23 Å². The van der Waals surface area contributed by atoms with Gasteiger partial charge in [0.05, 0.1) is 7.11 Å². The van der Waals surface area contributed by atoms with E-state index in [9.17, 15) is 0 Å². The fraction of sp³-hybridized carbons (Fsp3) is 0.111. The molecule has 3 heteroatoms. The summed E-state index contributed by atoms with van der Waals surface area (Å²) in [6, 6.07) is 5.90. The number of fused-ring (bicyclic) bond motifs is 1. The van der Waals surface area contributed by atoms with Crippen molar-refractivity contribution in [3.8, 4) is 5.75 Å². The minimum Gasteiger partial charge on any atom is -0.497 e. The zero-order valence-electron chi connectivity index (χ0n) is 6.70. The molecule has 1 nitrogen and oxygen atoms in total. The standard InChI is InChI=1S/C9H7BOS/c1-11-6-2-3-7-8(10)5-12-9(7)4-6/h2-5H,1H3. The quantitative estimate of drug-likeness (QED) is 0.598. The molecule has 0 fully saturated rings. The Kier molecular flexibility index (Phi) is 1.81. The van der Waals surface area contributed by atoms with Crippen LogP contribution in [0.5, 0.6) is 5.75 Å². The van der Waals surface area contributed by atoms with Crippen LogP contribution in [-0.4, -0.2) is 15.0 Å². The second-order valence-electron chi connectivity index (χ2n) is 2.55. The number of hydrogen-bond acceptors (Lipinski definition) is 2. The Morgan fingerprint density at radius 1 is 1.42 bits per heavy atom. The highest BCUT2D eigenvalue weighted by Gasteiger charge is 1.99. The highest BCUT2D eigenvalue weighted by atomic mass is 32.1. The predicted molar refractivity (Wildman–Crippen MR) is 53.8 cm³/mol. The lowest BCUT2D eigenvalue weighted by atomic mass is 9.96. The third-order valence-corrected chi connectivity index (χ3v) is 2.78. The van der Waals surface area contributed by atoms with Gasteiger partial charge in [-0.1, -0.05) is 11.5 Å². The van der Waals surface area contributed by atoms with Gasteiger partial charge in [-0.2, -0.15) is 0 Å². The smallest absolute Gasteiger partial charge is 0.120 e. The van der Waals surface area contributed by atoms with E-state index < -0.39 is 0 Å². The van der Waals surface area contributed by atoms with Crippen LogP contribution >= 0.6 is 11.3 Å². The molecule has 0 bridgehead atoms. The van der Waals surface area contributed by atoms with E-state index >= 15 is 0 Å². The Balaban J connectivity index is 2.69. The van der Waals surface area contributed by atoms with Crippen molar-refractivity contribution < 1.29 is 4.74 Å². The maximum absolute atomic E-state index is 5.74. The fourth-order valence-electron chi connectivity index (χ4n) is 1.16. The van der Waals surface area contributed by atoms with E-state index in [-0.39, 0.29) is 0 Å². The van der Waals surface area contributed by atoms with Gasteiger partial charge in [0.15, 0.2) is 0 Å². The molecule has 0 unspecified atom stereocenters. The zero-order valence-corrected chi connectivity index (χ0v) is 7.52. The van der Waals surface area contributed by atoms with Crippen molar-refractivity contribution >= 4 is 34.7 Å². The van der Waals surface area contributed by atoms with Crippen LogP contribution in [0.2, 0.25) is 0 Å². The predicted octanol–water partition coefficient (Wildman–Crippen LogP) is 1.70. The monoisotopic (exact) mass is 174 g/mol. The summed E-state index contributed by atoms with van der Waals surface area (Å²) >= 11 is 1.64. The van der Waals surface area contributed by atoms with Crippen LogP contribution in [0.1, 0.15) is 0 Å². The van der Waals surface area contributed by atoms with Crippen molar-refractivity contribution in [2.75, 3.05) is 7.11 Å². The molecule has 0 saturated heterocycles. The zero-order chi connectivity index (χ0) is 8.55. The van der Waals surface area contributed by atoms with E-state index in [1.807, 2.05) is 23.6 Å². The first-order valence-electron chi connectivity index (χ1n) is 3.62. The lowest BCUT2D eigenvalue weighted by molar-refractivity contribution is 0.415. The summed E-state index contributed by atoms with van der Waals surface area (Å²) in [6.07, 6.45) is 0. The maximum atomic E-state index is 5.74. The van der Waals surface area contributed by atoms with Gasteiger partial charge in [-0.3, -0.25) is 0 Å². The van der Waals surface area contributed by atoms with Crippen molar-refractivity contribution in [2.24, 2.45) is 0 Å². The normalized spacial score (nSPS) is 10.4. The van der Waals surface area contributed by atoms with Crippen molar-refractivity contribution in [3.63, 3.8) is 0 Å². The van der Waals surface area contributed by atoms with E-state index in [4.69, 9.17) is 12.6 Å². The van der Waals surface area contributed by atoms with Gasteiger partial charge in [-0.25, -0.2) is 0 Å². The molecule has 2 rings (SSSR count). The molecule has 1 heterocycles. The molecule has 0 aliphatic heterocycles. The van der Waals surface area contributed by atoms with E-state index in [0.717, 1.165) is 16.6 Å². The van der Waals surface area contributed by atoms with Gasteiger partial charge in [-0.05, 0) is 22.9 Å². The molecule has 0 saturated carbocycles. The minimum absolute atomic E-state index is 0.845. The first kappa shape index (κ1) is 7.68. The van der Waals surface area contributed by atoms with Gasteiger partial charge in [0, 0.05) is 4.70 Å².